The minimum absolute atomic E-state index is 0.126. The van der Waals surface area contributed by atoms with E-state index in [0.717, 1.165) is 25.9 Å². The monoisotopic (exact) mass is 231 g/mol. The molecule has 0 radical (unpaired) electrons. The van der Waals surface area contributed by atoms with E-state index in [1.165, 1.54) is 13.3 Å². The van der Waals surface area contributed by atoms with Crippen LogP contribution >= 0.6 is 0 Å². The standard InChI is InChI=1S/C11H21NO4/c1-11(15,16)7-9(10(13)14)8-12-5-3-2-4-6-12/h9,15-16H,2-8H2,1H3,(H,13,14). The molecule has 1 unspecified atom stereocenters. The number of carboxylic acid groups (broad SMARTS) is 1. The Balaban J connectivity index is 2.47. The smallest absolute Gasteiger partial charge is 0.308 e. The highest BCUT2D eigenvalue weighted by molar-refractivity contribution is 5.70. The van der Waals surface area contributed by atoms with Gasteiger partial charge >= 0.3 is 5.97 Å². The van der Waals surface area contributed by atoms with Gasteiger partial charge in [0, 0.05) is 13.0 Å². The van der Waals surface area contributed by atoms with Crippen LogP contribution in [0.2, 0.25) is 0 Å². The van der Waals surface area contributed by atoms with Gasteiger partial charge in [-0.2, -0.15) is 0 Å². The molecule has 0 bridgehead atoms. The molecule has 1 aliphatic heterocycles. The largest absolute Gasteiger partial charge is 0.481 e. The van der Waals surface area contributed by atoms with E-state index in [0.29, 0.717) is 6.54 Å². The summed E-state index contributed by atoms with van der Waals surface area (Å²) >= 11 is 0. The number of carboxylic acids is 1. The van der Waals surface area contributed by atoms with E-state index in [1.807, 2.05) is 0 Å². The predicted molar refractivity (Wildman–Crippen MR) is 58.9 cm³/mol. The summed E-state index contributed by atoms with van der Waals surface area (Å²) < 4.78 is 0. The Bertz CT molecular complexity index is 231. The second-order valence-electron chi connectivity index (χ2n) is 4.82. The topological polar surface area (TPSA) is 81.0 Å². The second kappa shape index (κ2) is 5.61. The molecule has 16 heavy (non-hydrogen) atoms. The van der Waals surface area contributed by atoms with Crippen LogP contribution in [0.25, 0.3) is 0 Å². The van der Waals surface area contributed by atoms with E-state index in [2.05, 4.69) is 4.90 Å². The first-order chi connectivity index (χ1) is 7.38. The number of rotatable bonds is 5. The molecule has 0 amide bonds. The maximum absolute atomic E-state index is 11.0. The summed E-state index contributed by atoms with van der Waals surface area (Å²) in [5, 5.41) is 27.5. The minimum Gasteiger partial charge on any atom is -0.481 e. The van der Waals surface area contributed by atoms with Crippen LogP contribution in [0.5, 0.6) is 0 Å². The average Bonchev–Trinajstić information content (AvgIpc) is 2.16. The van der Waals surface area contributed by atoms with Crippen molar-refractivity contribution in [2.75, 3.05) is 19.6 Å². The molecule has 1 fully saturated rings. The second-order valence-corrected chi connectivity index (χ2v) is 4.82. The highest BCUT2D eigenvalue weighted by Crippen LogP contribution is 2.18. The van der Waals surface area contributed by atoms with Gasteiger partial charge in [-0.25, -0.2) is 0 Å². The average molecular weight is 231 g/mol. The van der Waals surface area contributed by atoms with Crippen LogP contribution < -0.4 is 0 Å². The van der Waals surface area contributed by atoms with Gasteiger partial charge in [-0.05, 0) is 32.9 Å². The lowest BCUT2D eigenvalue weighted by Gasteiger charge is -2.30. The zero-order valence-electron chi connectivity index (χ0n) is 9.72. The number of carbonyl (C=O) groups is 1. The molecule has 3 N–H and O–H groups in total. The van der Waals surface area contributed by atoms with Crippen LogP contribution in [0.3, 0.4) is 0 Å². The number of hydrogen-bond acceptors (Lipinski definition) is 4. The van der Waals surface area contributed by atoms with Crippen LogP contribution in [-0.2, 0) is 4.79 Å². The zero-order chi connectivity index (χ0) is 12.2. The van der Waals surface area contributed by atoms with Gasteiger partial charge in [-0.3, -0.25) is 4.79 Å². The van der Waals surface area contributed by atoms with Gasteiger partial charge in [0.25, 0.3) is 0 Å². The molecule has 0 aromatic heterocycles. The predicted octanol–water partition coefficient (Wildman–Crippen LogP) is 0.264. The molecule has 0 saturated carbocycles. The van der Waals surface area contributed by atoms with Crippen molar-refractivity contribution in [2.24, 2.45) is 5.92 Å². The Morgan fingerprint density at radius 2 is 1.88 bits per heavy atom. The number of aliphatic carboxylic acids is 1. The van der Waals surface area contributed by atoms with E-state index >= 15 is 0 Å². The summed E-state index contributed by atoms with van der Waals surface area (Å²) in [4.78, 5) is 13.1. The molecule has 0 aliphatic carbocycles. The van der Waals surface area contributed by atoms with E-state index in [-0.39, 0.29) is 6.42 Å². The summed E-state index contributed by atoms with van der Waals surface area (Å²) in [5.74, 6) is -3.57. The molecule has 94 valence electrons. The fourth-order valence-corrected chi connectivity index (χ4v) is 2.15. The molecule has 5 heteroatoms. The molecule has 1 rings (SSSR count). The molecule has 5 nitrogen and oxygen atoms in total. The quantitative estimate of drug-likeness (QED) is 0.591. The molecule has 1 saturated heterocycles. The Morgan fingerprint density at radius 3 is 2.31 bits per heavy atom. The maximum atomic E-state index is 11.0. The number of piperidine rings is 1. The fraction of sp³-hybridized carbons (Fsp3) is 0.909. The first kappa shape index (κ1) is 13.4. The van der Waals surface area contributed by atoms with Crippen molar-refractivity contribution in [3.63, 3.8) is 0 Å². The highest BCUT2D eigenvalue weighted by atomic mass is 16.5. The fourth-order valence-electron chi connectivity index (χ4n) is 2.15. The number of likely N-dealkylation sites (tertiary alicyclic amines) is 1. The molecule has 1 aliphatic rings. The number of nitrogens with zero attached hydrogens (tertiary/aromatic N) is 1. The lowest BCUT2D eigenvalue weighted by molar-refractivity contribution is -0.171. The molecule has 1 heterocycles. The lowest BCUT2D eigenvalue weighted by atomic mass is 9.98. The van der Waals surface area contributed by atoms with Gasteiger partial charge in [0.15, 0.2) is 5.79 Å². The van der Waals surface area contributed by atoms with Crippen LogP contribution in [0.15, 0.2) is 0 Å². The number of hydrogen-bond donors (Lipinski definition) is 3. The molecule has 0 aromatic carbocycles. The van der Waals surface area contributed by atoms with Gasteiger partial charge < -0.3 is 20.2 Å². The summed E-state index contributed by atoms with van der Waals surface area (Å²) in [5.41, 5.74) is 0. The molecule has 0 spiro atoms. The van der Waals surface area contributed by atoms with Gasteiger partial charge in [0.1, 0.15) is 0 Å². The summed E-state index contributed by atoms with van der Waals surface area (Å²) in [6.07, 6.45) is 3.27. The van der Waals surface area contributed by atoms with Crippen molar-refractivity contribution in [3.8, 4) is 0 Å². The maximum Gasteiger partial charge on any atom is 0.308 e. The van der Waals surface area contributed by atoms with E-state index in [4.69, 9.17) is 5.11 Å². The highest BCUT2D eigenvalue weighted by Gasteiger charge is 2.29. The third kappa shape index (κ3) is 4.92. The van der Waals surface area contributed by atoms with Crippen LogP contribution in [-0.4, -0.2) is 51.6 Å². The number of aliphatic hydroxyl groups is 2. The first-order valence-electron chi connectivity index (χ1n) is 5.78. The molecular formula is C11H21NO4. The first-order valence-corrected chi connectivity index (χ1v) is 5.78. The van der Waals surface area contributed by atoms with Gasteiger partial charge in [0.2, 0.25) is 0 Å². The Kier molecular flexibility index (Phi) is 4.70. The Labute approximate surface area is 95.7 Å². The van der Waals surface area contributed by atoms with Crippen molar-refractivity contribution < 1.29 is 20.1 Å². The van der Waals surface area contributed by atoms with Crippen LogP contribution in [0.4, 0.5) is 0 Å². The van der Waals surface area contributed by atoms with Gasteiger partial charge in [-0.15, -0.1) is 0 Å². The third-order valence-corrected chi connectivity index (χ3v) is 2.91. The van der Waals surface area contributed by atoms with E-state index in [1.54, 1.807) is 0 Å². The Morgan fingerprint density at radius 1 is 1.31 bits per heavy atom. The van der Waals surface area contributed by atoms with Gasteiger partial charge in [-0.1, -0.05) is 6.42 Å². The van der Waals surface area contributed by atoms with Crippen molar-refractivity contribution in [1.82, 2.24) is 4.90 Å². The van der Waals surface area contributed by atoms with Crippen molar-refractivity contribution in [2.45, 2.75) is 38.4 Å². The van der Waals surface area contributed by atoms with Crippen molar-refractivity contribution in [3.05, 3.63) is 0 Å². The summed E-state index contributed by atoms with van der Waals surface area (Å²) in [7, 11) is 0. The summed E-state index contributed by atoms with van der Waals surface area (Å²) in [6.45, 7) is 3.46. The van der Waals surface area contributed by atoms with Crippen LogP contribution in [0, 0.1) is 5.92 Å². The minimum atomic E-state index is -1.90. The molecule has 1 atom stereocenters. The van der Waals surface area contributed by atoms with E-state index < -0.39 is 17.7 Å². The van der Waals surface area contributed by atoms with Crippen LogP contribution in [0.1, 0.15) is 32.6 Å². The summed E-state index contributed by atoms with van der Waals surface area (Å²) in [6, 6.07) is 0. The van der Waals surface area contributed by atoms with E-state index in [9.17, 15) is 15.0 Å². The molecule has 0 aromatic rings. The van der Waals surface area contributed by atoms with Crippen molar-refractivity contribution in [1.29, 1.82) is 0 Å². The Hall–Kier alpha value is -0.650. The molecular weight excluding hydrogens is 210 g/mol. The lowest BCUT2D eigenvalue weighted by Crippen LogP contribution is -2.40. The van der Waals surface area contributed by atoms with Crippen molar-refractivity contribution >= 4 is 5.97 Å². The van der Waals surface area contributed by atoms with Gasteiger partial charge in [0.05, 0.1) is 5.92 Å². The third-order valence-electron chi connectivity index (χ3n) is 2.91. The SMILES string of the molecule is CC(O)(O)CC(CN1CCCCC1)C(=O)O. The zero-order valence-corrected chi connectivity index (χ0v) is 9.72. The normalized spacial score (nSPS) is 20.7.